The van der Waals surface area contributed by atoms with Crippen molar-refractivity contribution in [3.63, 3.8) is 0 Å². The maximum Gasteiger partial charge on any atom is 0.282 e. The molecule has 0 atom stereocenters. The molecule has 1 aromatic heterocycles. The summed E-state index contributed by atoms with van der Waals surface area (Å²) >= 11 is 9.50. The summed E-state index contributed by atoms with van der Waals surface area (Å²) in [6.07, 6.45) is 2.33. The zero-order chi connectivity index (χ0) is 16.4. The van der Waals surface area contributed by atoms with Crippen LogP contribution in [-0.4, -0.2) is 29.5 Å². The average molecular weight is 401 g/mol. The first-order chi connectivity index (χ1) is 11.1. The summed E-state index contributed by atoms with van der Waals surface area (Å²) in [5, 5.41) is 7.73. The predicted molar refractivity (Wildman–Crippen MR) is 91.8 cm³/mol. The molecule has 3 rings (SSSR count). The van der Waals surface area contributed by atoms with Gasteiger partial charge in [-0.05, 0) is 40.0 Å². The Morgan fingerprint density at radius 3 is 3.00 bits per heavy atom. The van der Waals surface area contributed by atoms with Crippen LogP contribution < -0.4 is 20.3 Å². The largest absolute Gasteiger partial charge is 0.486 e. The first kappa shape index (κ1) is 16.1. The third-order valence-electron chi connectivity index (χ3n) is 3.46. The number of rotatable bonds is 4. The monoisotopic (exact) mass is 399 g/mol. The van der Waals surface area contributed by atoms with Crippen LogP contribution in [0.5, 0.6) is 11.5 Å². The summed E-state index contributed by atoms with van der Waals surface area (Å²) < 4.78 is 12.8. The minimum atomic E-state index is -0.183. The third-order valence-corrected chi connectivity index (χ3v) is 4.51. The lowest BCUT2D eigenvalue weighted by Crippen LogP contribution is -2.21. The van der Waals surface area contributed by atoms with Crippen LogP contribution in [0.2, 0.25) is 5.02 Å². The van der Waals surface area contributed by atoms with Crippen molar-refractivity contribution in [3.05, 3.63) is 43.7 Å². The number of ether oxygens (including phenoxy) is 2. The SMILES string of the molecule is Cn1ncc(NCCc2cc(Cl)c3c(c2)OCCO3)c(Br)c1=O. The molecule has 0 saturated heterocycles. The number of hydrogen-bond acceptors (Lipinski definition) is 5. The van der Waals surface area contributed by atoms with Crippen LogP contribution >= 0.6 is 27.5 Å². The lowest BCUT2D eigenvalue weighted by Gasteiger charge is -2.20. The molecule has 0 bridgehead atoms. The Morgan fingerprint density at radius 1 is 1.39 bits per heavy atom. The summed E-state index contributed by atoms with van der Waals surface area (Å²) in [4.78, 5) is 11.8. The number of benzene rings is 1. The maximum absolute atomic E-state index is 11.8. The van der Waals surface area contributed by atoms with Crippen LogP contribution in [0.15, 0.2) is 27.6 Å². The topological polar surface area (TPSA) is 65.4 Å². The number of anilines is 1. The third kappa shape index (κ3) is 3.45. The van der Waals surface area contributed by atoms with Crippen molar-refractivity contribution >= 4 is 33.2 Å². The molecule has 0 unspecified atom stereocenters. The molecule has 2 aromatic rings. The van der Waals surface area contributed by atoms with E-state index in [1.807, 2.05) is 12.1 Å². The summed E-state index contributed by atoms with van der Waals surface area (Å²) in [6.45, 7) is 1.66. The second-order valence-electron chi connectivity index (χ2n) is 5.08. The molecule has 0 spiro atoms. The molecule has 1 aliphatic rings. The lowest BCUT2D eigenvalue weighted by molar-refractivity contribution is 0.171. The summed E-state index contributed by atoms with van der Waals surface area (Å²) in [5.74, 6) is 1.28. The van der Waals surface area contributed by atoms with Gasteiger partial charge < -0.3 is 14.8 Å². The average Bonchev–Trinajstić information content (AvgIpc) is 2.55. The number of nitrogens with one attached hydrogen (secondary N) is 1. The number of fused-ring (bicyclic) bond motifs is 1. The van der Waals surface area contributed by atoms with Gasteiger partial charge in [0.15, 0.2) is 11.5 Å². The van der Waals surface area contributed by atoms with Gasteiger partial charge in [0.1, 0.15) is 17.7 Å². The van der Waals surface area contributed by atoms with Gasteiger partial charge in [-0.3, -0.25) is 4.79 Å². The highest BCUT2D eigenvalue weighted by atomic mass is 79.9. The highest BCUT2D eigenvalue weighted by Gasteiger charge is 2.16. The van der Waals surface area contributed by atoms with Gasteiger partial charge in [-0.25, -0.2) is 4.68 Å². The Hall–Kier alpha value is -1.73. The first-order valence-electron chi connectivity index (χ1n) is 7.10. The molecule has 6 nitrogen and oxygen atoms in total. The van der Waals surface area contributed by atoms with E-state index in [1.54, 1.807) is 13.2 Å². The van der Waals surface area contributed by atoms with E-state index in [-0.39, 0.29) is 5.56 Å². The normalized spacial score (nSPS) is 13.0. The molecule has 0 saturated carbocycles. The molecular formula is C15H15BrClN3O3. The molecule has 2 heterocycles. The Kier molecular flexibility index (Phi) is 4.77. The van der Waals surface area contributed by atoms with E-state index < -0.39 is 0 Å². The zero-order valence-corrected chi connectivity index (χ0v) is 14.8. The highest BCUT2D eigenvalue weighted by Crippen LogP contribution is 2.38. The molecule has 1 aliphatic heterocycles. The first-order valence-corrected chi connectivity index (χ1v) is 8.27. The number of halogens is 2. The fourth-order valence-electron chi connectivity index (χ4n) is 2.28. The summed E-state index contributed by atoms with van der Waals surface area (Å²) in [5.41, 5.74) is 1.51. The van der Waals surface area contributed by atoms with Crippen LogP contribution in [0.4, 0.5) is 5.69 Å². The van der Waals surface area contributed by atoms with Crippen molar-refractivity contribution < 1.29 is 9.47 Å². The molecule has 0 radical (unpaired) electrons. The van der Waals surface area contributed by atoms with E-state index in [0.29, 0.717) is 46.4 Å². The zero-order valence-electron chi connectivity index (χ0n) is 12.4. The Bertz CT molecular complexity index is 794. The van der Waals surface area contributed by atoms with Crippen molar-refractivity contribution in [2.45, 2.75) is 6.42 Å². The van der Waals surface area contributed by atoms with Crippen molar-refractivity contribution in [1.82, 2.24) is 9.78 Å². The van der Waals surface area contributed by atoms with Crippen LogP contribution in [-0.2, 0) is 13.5 Å². The molecule has 122 valence electrons. The minimum Gasteiger partial charge on any atom is -0.486 e. The van der Waals surface area contributed by atoms with Crippen molar-refractivity contribution in [3.8, 4) is 11.5 Å². The molecule has 0 amide bonds. The molecule has 1 aromatic carbocycles. The van der Waals surface area contributed by atoms with Crippen LogP contribution in [0.3, 0.4) is 0 Å². The van der Waals surface area contributed by atoms with E-state index in [4.69, 9.17) is 21.1 Å². The van der Waals surface area contributed by atoms with E-state index in [2.05, 4.69) is 26.3 Å². The number of aromatic nitrogens is 2. The molecule has 0 aliphatic carbocycles. The number of aryl methyl sites for hydroxylation is 1. The van der Waals surface area contributed by atoms with Crippen molar-refractivity contribution in [1.29, 1.82) is 0 Å². The molecular weight excluding hydrogens is 386 g/mol. The Labute approximate surface area is 146 Å². The van der Waals surface area contributed by atoms with Gasteiger partial charge in [0.05, 0.1) is 16.9 Å². The smallest absolute Gasteiger partial charge is 0.282 e. The van der Waals surface area contributed by atoms with Crippen molar-refractivity contribution in [2.75, 3.05) is 25.1 Å². The second kappa shape index (κ2) is 6.80. The second-order valence-corrected chi connectivity index (χ2v) is 6.28. The van der Waals surface area contributed by atoms with E-state index in [1.165, 1.54) is 4.68 Å². The molecule has 1 N–H and O–H groups in total. The molecule has 23 heavy (non-hydrogen) atoms. The number of nitrogens with zero attached hydrogens (tertiary/aromatic N) is 2. The quantitative estimate of drug-likeness (QED) is 0.855. The van der Waals surface area contributed by atoms with Gasteiger partial charge in [0, 0.05) is 13.6 Å². The van der Waals surface area contributed by atoms with E-state index in [9.17, 15) is 4.79 Å². The van der Waals surface area contributed by atoms with Crippen molar-refractivity contribution in [2.24, 2.45) is 7.05 Å². The van der Waals surface area contributed by atoms with Crippen LogP contribution in [0.1, 0.15) is 5.56 Å². The van der Waals surface area contributed by atoms with Gasteiger partial charge in [-0.2, -0.15) is 5.10 Å². The van der Waals surface area contributed by atoms with E-state index in [0.717, 1.165) is 12.0 Å². The molecule has 8 heteroatoms. The van der Waals surface area contributed by atoms with Gasteiger partial charge in [-0.15, -0.1) is 0 Å². The Balaban J connectivity index is 1.69. The van der Waals surface area contributed by atoms with Gasteiger partial charge in [0.2, 0.25) is 0 Å². The highest BCUT2D eigenvalue weighted by molar-refractivity contribution is 9.10. The van der Waals surface area contributed by atoms with Crippen LogP contribution in [0.25, 0.3) is 0 Å². The molecule has 0 fully saturated rings. The maximum atomic E-state index is 11.8. The van der Waals surface area contributed by atoms with Gasteiger partial charge in [-0.1, -0.05) is 11.6 Å². The van der Waals surface area contributed by atoms with Gasteiger partial charge in [0.25, 0.3) is 5.56 Å². The predicted octanol–water partition coefficient (Wildman–Crippen LogP) is 2.62. The lowest BCUT2D eigenvalue weighted by atomic mass is 10.1. The number of hydrogen-bond donors (Lipinski definition) is 1. The van der Waals surface area contributed by atoms with E-state index >= 15 is 0 Å². The fourth-order valence-corrected chi connectivity index (χ4v) is 3.07. The standard InChI is InChI=1S/C15H15BrClN3O3/c1-20-15(21)13(16)11(8-19-20)18-3-2-9-6-10(17)14-12(7-9)22-4-5-23-14/h6-8,18H,2-5H2,1H3. The summed E-state index contributed by atoms with van der Waals surface area (Å²) in [7, 11) is 1.61. The Morgan fingerprint density at radius 2 is 2.17 bits per heavy atom. The fraction of sp³-hybridized carbons (Fsp3) is 0.333. The van der Waals surface area contributed by atoms with Gasteiger partial charge >= 0.3 is 0 Å². The van der Waals surface area contributed by atoms with Crippen LogP contribution in [0, 0.1) is 0 Å². The minimum absolute atomic E-state index is 0.183. The summed E-state index contributed by atoms with van der Waals surface area (Å²) in [6, 6.07) is 3.80.